The van der Waals surface area contributed by atoms with Gasteiger partial charge < -0.3 is 0 Å². The molecule has 0 fully saturated rings. The van der Waals surface area contributed by atoms with E-state index in [0.717, 1.165) is 0 Å². The van der Waals surface area contributed by atoms with Crippen LogP contribution in [0.15, 0.2) is 0 Å². The smallest absolute Gasteiger partial charge is 0.0462 e. The number of nitrogens with zero attached hydrogens (tertiary/aromatic N) is 3. The van der Waals surface area contributed by atoms with E-state index >= 15 is 0 Å². The maximum absolute atomic E-state index is 6.50. The predicted molar refractivity (Wildman–Crippen MR) is 20.0 cm³/mol. The number of nitriles is 3. The third-order valence-corrected chi connectivity index (χ3v) is 0. The van der Waals surface area contributed by atoms with Crippen molar-refractivity contribution in [1.29, 1.82) is 15.8 Å². The van der Waals surface area contributed by atoms with Gasteiger partial charge in [-0.3, -0.25) is 0 Å². The zero-order chi connectivity index (χ0) is 6.00. The fourth-order valence-corrected chi connectivity index (χ4v) is 0. The highest BCUT2D eigenvalue weighted by Crippen LogP contribution is 0.590. The summed E-state index contributed by atoms with van der Waals surface area (Å²) in [6.45, 7) is 10.5. The average molecular weight is 81.1 g/mol. The van der Waals surface area contributed by atoms with Crippen molar-refractivity contribution in [2.24, 2.45) is 0 Å². The van der Waals surface area contributed by atoms with E-state index in [1.54, 1.807) is 0 Å². The van der Waals surface area contributed by atoms with Crippen LogP contribution in [0, 0.1) is 35.5 Å². The Hall–Kier alpha value is -1.53. The SMILES string of the molecule is C#N.C#N.C#N. The van der Waals surface area contributed by atoms with Gasteiger partial charge in [0, 0.05) is 19.7 Å². The van der Waals surface area contributed by atoms with E-state index in [2.05, 4.69) is 19.7 Å². The monoisotopic (exact) mass is 81.0 g/mol. The zero-order valence-electron chi connectivity index (χ0n) is 3.07. The molecule has 6 heavy (non-hydrogen) atoms. The molecule has 0 heterocycles. The van der Waals surface area contributed by atoms with Crippen molar-refractivity contribution in [2.75, 3.05) is 0 Å². The molecule has 0 aliphatic rings. The molecule has 3 heteroatoms. The Balaban J connectivity index is -0.0000000225. The van der Waals surface area contributed by atoms with Crippen molar-refractivity contribution in [3.05, 3.63) is 0 Å². The molecule has 0 aliphatic carbocycles. The summed E-state index contributed by atoms with van der Waals surface area (Å²) in [5, 5.41) is 19.5. The minimum Gasteiger partial charge on any atom is -0.202 e. The van der Waals surface area contributed by atoms with Gasteiger partial charge >= 0.3 is 0 Å². The lowest BCUT2D eigenvalue weighted by atomic mass is 11.9. The van der Waals surface area contributed by atoms with Crippen LogP contribution in [0.5, 0.6) is 0 Å². The molecule has 0 unspecified atom stereocenters. The number of hydrogen-bond acceptors (Lipinski definition) is 3. The quantitative estimate of drug-likeness (QED) is 0.424. The van der Waals surface area contributed by atoms with E-state index in [1.165, 1.54) is 0 Å². The van der Waals surface area contributed by atoms with Gasteiger partial charge in [0.1, 0.15) is 0 Å². The predicted octanol–water partition coefficient (Wildman–Crippen LogP) is 0.419. The van der Waals surface area contributed by atoms with Crippen molar-refractivity contribution in [3.8, 4) is 19.7 Å². The van der Waals surface area contributed by atoms with Crippen molar-refractivity contribution in [1.82, 2.24) is 0 Å². The molecule has 0 rings (SSSR count). The van der Waals surface area contributed by atoms with E-state index < -0.39 is 0 Å². The first-order valence-electron chi connectivity index (χ1n) is 0.775. The Morgan fingerprint density at radius 3 is 0.500 bits per heavy atom. The zero-order valence-corrected chi connectivity index (χ0v) is 3.07. The van der Waals surface area contributed by atoms with E-state index in [0.29, 0.717) is 0 Å². The number of rotatable bonds is 0. The van der Waals surface area contributed by atoms with Gasteiger partial charge in [0.2, 0.25) is 0 Å². The molecular weight excluding hydrogens is 78.1 g/mol. The summed E-state index contributed by atoms with van der Waals surface area (Å²) in [4.78, 5) is 0. The molecule has 0 atom stereocenters. The van der Waals surface area contributed by atoms with Gasteiger partial charge in [-0.15, -0.1) is 0 Å². The van der Waals surface area contributed by atoms with Crippen LogP contribution in [0.4, 0.5) is 0 Å². The molecule has 0 spiro atoms. The lowest BCUT2D eigenvalue weighted by molar-refractivity contribution is 1.58. The molecule has 0 radical (unpaired) electrons. The summed E-state index contributed by atoms with van der Waals surface area (Å²) < 4.78 is 0. The topological polar surface area (TPSA) is 71.4 Å². The van der Waals surface area contributed by atoms with Crippen molar-refractivity contribution < 1.29 is 0 Å². The third-order valence-electron chi connectivity index (χ3n) is 0. The third kappa shape index (κ3) is 2.28. The second-order valence-electron chi connectivity index (χ2n) is 0. The van der Waals surface area contributed by atoms with Gasteiger partial charge in [-0.2, -0.15) is 0 Å². The van der Waals surface area contributed by atoms with Crippen LogP contribution < -0.4 is 0 Å². The molecule has 0 saturated carbocycles. The maximum atomic E-state index is 6.50. The molecule has 0 saturated heterocycles. The minimum absolute atomic E-state index is 3.50. The molecule has 0 aromatic rings. The molecule has 3 nitrogen and oxygen atoms in total. The first-order valence-corrected chi connectivity index (χ1v) is 0.775. The van der Waals surface area contributed by atoms with E-state index in [-0.39, 0.29) is 0 Å². The standard InChI is InChI=1S/3CHN/c3*1-2/h3*1H. The minimum atomic E-state index is 3.50. The van der Waals surface area contributed by atoms with Crippen LogP contribution in [0.1, 0.15) is 0 Å². The van der Waals surface area contributed by atoms with Gasteiger partial charge in [0.15, 0.2) is 0 Å². The van der Waals surface area contributed by atoms with Gasteiger partial charge in [0.25, 0.3) is 0 Å². The molecule has 0 aromatic heterocycles. The first-order chi connectivity index (χ1) is 3.00. The van der Waals surface area contributed by atoms with Crippen LogP contribution in [-0.4, -0.2) is 0 Å². The maximum Gasteiger partial charge on any atom is 0.0462 e. The molecule has 0 amide bonds. The Morgan fingerprint density at radius 1 is 0.500 bits per heavy atom. The molecule has 0 aromatic carbocycles. The summed E-state index contributed by atoms with van der Waals surface area (Å²) in [6, 6.07) is 0. The summed E-state index contributed by atoms with van der Waals surface area (Å²) in [7, 11) is 0. The summed E-state index contributed by atoms with van der Waals surface area (Å²) in [6.07, 6.45) is 0. The van der Waals surface area contributed by atoms with Crippen LogP contribution >= 0.6 is 0 Å². The molecule has 0 aliphatic heterocycles. The van der Waals surface area contributed by atoms with Crippen LogP contribution in [0.2, 0.25) is 0 Å². The summed E-state index contributed by atoms with van der Waals surface area (Å²) in [5.74, 6) is 0. The molecule has 30 valence electrons. The Kier molecular flexibility index (Phi) is 37.5. The normalized spacial score (nSPS) is 1.00. The summed E-state index contributed by atoms with van der Waals surface area (Å²) >= 11 is 0. The molecule has 0 N–H and O–H groups in total. The van der Waals surface area contributed by atoms with Crippen LogP contribution in [-0.2, 0) is 0 Å². The fourth-order valence-electron chi connectivity index (χ4n) is 0. The van der Waals surface area contributed by atoms with Crippen LogP contribution in [0.25, 0.3) is 0 Å². The molecule has 0 bridgehead atoms. The van der Waals surface area contributed by atoms with Crippen molar-refractivity contribution in [2.45, 2.75) is 0 Å². The Morgan fingerprint density at radius 2 is 0.500 bits per heavy atom. The second kappa shape index (κ2) is 9.04. The molecular formula is C3H3N3. The fraction of sp³-hybridized carbons (Fsp3) is 0. The highest BCUT2D eigenvalue weighted by Gasteiger charge is 0.517. The van der Waals surface area contributed by atoms with E-state index in [4.69, 9.17) is 15.8 Å². The van der Waals surface area contributed by atoms with Gasteiger partial charge in [-0.05, 0) is 0 Å². The lowest BCUT2D eigenvalue weighted by Gasteiger charge is -0.668. The van der Waals surface area contributed by atoms with E-state index in [9.17, 15) is 0 Å². The highest BCUT2D eigenvalue weighted by atomic mass is 14.2. The Bertz CT molecular complexity index is 34.5. The number of hydrogen-bond donors (Lipinski definition) is 0. The van der Waals surface area contributed by atoms with Gasteiger partial charge in [0.05, 0.1) is 0 Å². The van der Waals surface area contributed by atoms with Crippen LogP contribution in [0.3, 0.4) is 0 Å². The first kappa shape index (κ1) is 24.9. The van der Waals surface area contributed by atoms with Crippen molar-refractivity contribution in [3.63, 3.8) is 0 Å². The second-order valence-corrected chi connectivity index (χ2v) is 0. The average Bonchev–Trinajstić information content (AvgIpc) is 1.81. The van der Waals surface area contributed by atoms with E-state index in [1.807, 2.05) is 0 Å². The van der Waals surface area contributed by atoms with Crippen molar-refractivity contribution >= 4 is 0 Å². The van der Waals surface area contributed by atoms with Gasteiger partial charge in [-0.1, -0.05) is 0 Å². The highest BCUT2D eigenvalue weighted by molar-refractivity contribution is 4.04. The largest absolute Gasteiger partial charge is 0.202 e. The summed E-state index contributed by atoms with van der Waals surface area (Å²) in [5.41, 5.74) is 0. The van der Waals surface area contributed by atoms with Gasteiger partial charge in [-0.25, -0.2) is 15.8 Å². The lowest BCUT2D eigenvalue weighted by Crippen LogP contribution is -0.569. The Labute approximate surface area is 36.7 Å².